The number of imide groups is 1. The van der Waals surface area contributed by atoms with Crippen LogP contribution >= 0.6 is 11.8 Å². The molecule has 3 rings (SSSR count). The molecular weight excluding hydrogens is 359 g/mol. The van der Waals surface area contributed by atoms with Crippen LogP contribution in [-0.4, -0.2) is 33.6 Å². The fraction of sp³-hybridized carbons (Fsp3) is 0.0556. The summed E-state index contributed by atoms with van der Waals surface area (Å²) < 4.78 is 12.9. The highest BCUT2D eigenvalue weighted by atomic mass is 32.2. The molecule has 0 aliphatic carbocycles. The zero-order valence-electron chi connectivity index (χ0n) is 13.3. The van der Waals surface area contributed by atoms with E-state index in [-0.39, 0.29) is 10.7 Å². The Balaban J connectivity index is 1.69. The lowest BCUT2D eigenvalue weighted by Gasteiger charge is -2.12. The van der Waals surface area contributed by atoms with Gasteiger partial charge in [-0.15, -0.1) is 0 Å². The summed E-state index contributed by atoms with van der Waals surface area (Å²) in [5.74, 6) is -1.56. The second-order valence-electron chi connectivity index (χ2n) is 5.42. The fourth-order valence-corrected chi connectivity index (χ4v) is 3.12. The van der Waals surface area contributed by atoms with E-state index in [0.717, 1.165) is 16.7 Å². The van der Waals surface area contributed by atoms with E-state index in [1.165, 1.54) is 42.5 Å². The molecule has 3 amide bonds. The van der Waals surface area contributed by atoms with E-state index in [1.54, 1.807) is 12.1 Å². The van der Waals surface area contributed by atoms with E-state index in [9.17, 15) is 23.9 Å². The second kappa shape index (κ2) is 7.40. The first-order valence-corrected chi connectivity index (χ1v) is 8.34. The van der Waals surface area contributed by atoms with E-state index in [0.29, 0.717) is 11.3 Å². The topological polar surface area (TPSA) is 86.7 Å². The number of phenolic OH excluding ortho intramolecular Hbond substituents is 1. The maximum absolute atomic E-state index is 12.9. The molecule has 1 aliphatic heterocycles. The molecule has 0 atom stereocenters. The average molecular weight is 372 g/mol. The molecule has 132 valence electrons. The number of carbonyl (C=O) groups excluding carboxylic acids is 3. The summed E-state index contributed by atoms with van der Waals surface area (Å²) in [6.45, 7) is -0.445. The molecule has 1 saturated heterocycles. The van der Waals surface area contributed by atoms with Crippen molar-refractivity contribution < 1.29 is 23.9 Å². The number of aromatic hydroxyl groups is 1. The summed E-state index contributed by atoms with van der Waals surface area (Å²) in [6, 6.07) is 11.4. The van der Waals surface area contributed by atoms with Gasteiger partial charge in [-0.25, -0.2) is 4.39 Å². The second-order valence-corrected chi connectivity index (χ2v) is 6.41. The van der Waals surface area contributed by atoms with Gasteiger partial charge in [0.25, 0.3) is 11.1 Å². The van der Waals surface area contributed by atoms with Gasteiger partial charge in [0.2, 0.25) is 5.91 Å². The molecule has 2 aromatic rings. The molecule has 2 N–H and O–H groups in total. The van der Waals surface area contributed by atoms with Crippen molar-refractivity contribution in [1.82, 2.24) is 4.90 Å². The average Bonchev–Trinajstić information content (AvgIpc) is 2.84. The molecule has 2 aromatic carbocycles. The highest BCUT2D eigenvalue weighted by Crippen LogP contribution is 2.32. The predicted octanol–water partition coefficient (Wildman–Crippen LogP) is 3.21. The van der Waals surface area contributed by atoms with Crippen molar-refractivity contribution in [1.29, 1.82) is 0 Å². The Morgan fingerprint density at radius 2 is 1.92 bits per heavy atom. The zero-order chi connectivity index (χ0) is 18.7. The molecule has 0 saturated carbocycles. The Labute approximate surface area is 152 Å². The fourth-order valence-electron chi connectivity index (χ4n) is 2.28. The molecule has 0 spiro atoms. The number of nitrogens with one attached hydrogen (secondary N) is 1. The molecule has 1 aliphatic rings. The van der Waals surface area contributed by atoms with Crippen LogP contribution in [0.15, 0.2) is 53.4 Å². The van der Waals surface area contributed by atoms with Crippen molar-refractivity contribution in [3.63, 3.8) is 0 Å². The Hall–Kier alpha value is -3.13. The van der Waals surface area contributed by atoms with Gasteiger partial charge in [0.15, 0.2) is 0 Å². The number of rotatable bonds is 4. The first kappa shape index (κ1) is 17.7. The van der Waals surface area contributed by atoms with Gasteiger partial charge in [0.1, 0.15) is 18.1 Å². The quantitative estimate of drug-likeness (QED) is 0.805. The third-order valence-electron chi connectivity index (χ3n) is 3.47. The number of halogens is 1. The molecule has 1 fully saturated rings. The Morgan fingerprint density at radius 1 is 1.19 bits per heavy atom. The lowest BCUT2D eigenvalue weighted by atomic mass is 10.2. The van der Waals surface area contributed by atoms with Crippen LogP contribution in [0, 0.1) is 5.82 Å². The first-order chi connectivity index (χ1) is 12.4. The number of thioether (sulfide) groups is 1. The largest absolute Gasteiger partial charge is 0.508 e. The number of amides is 3. The maximum Gasteiger partial charge on any atom is 0.294 e. The third-order valence-corrected chi connectivity index (χ3v) is 4.38. The molecule has 1 heterocycles. The minimum Gasteiger partial charge on any atom is -0.508 e. The van der Waals surface area contributed by atoms with Gasteiger partial charge in [0.05, 0.1) is 4.91 Å². The Bertz CT molecular complexity index is 912. The van der Waals surface area contributed by atoms with Gasteiger partial charge in [-0.1, -0.05) is 12.1 Å². The molecule has 0 bridgehead atoms. The van der Waals surface area contributed by atoms with Crippen molar-refractivity contribution in [3.8, 4) is 5.75 Å². The summed E-state index contributed by atoms with van der Waals surface area (Å²) >= 11 is 0.720. The standard InChI is InChI=1S/C18H13FN2O4S/c19-12-4-6-13(7-5-12)20-16(23)10-21-17(24)15(26-18(21)25)9-11-2-1-3-14(22)8-11/h1-9,22H,10H2,(H,20,23)/b15-9+. The van der Waals surface area contributed by atoms with Crippen LogP contribution in [0.4, 0.5) is 14.9 Å². The van der Waals surface area contributed by atoms with E-state index >= 15 is 0 Å². The van der Waals surface area contributed by atoms with Gasteiger partial charge in [-0.05, 0) is 59.8 Å². The number of nitrogens with zero attached hydrogens (tertiary/aromatic N) is 1. The Morgan fingerprint density at radius 3 is 2.62 bits per heavy atom. The number of carbonyl (C=O) groups is 3. The highest BCUT2D eigenvalue weighted by molar-refractivity contribution is 8.18. The minimum absolute atomic E-state index is 0.0386. The van der Waals surface area contributed by atoms with Gasteiger partial charge >= 0.3 is 0 Å². The normalized spacial score (nSPS) is 15.6. The zero-order valence-corrected chi connectivity index (χ0v) is 14.1. The molecule has 8 heteroatoms. The van der Waals surface area contributed by atoms with E-state index in [1.807, 2.05) is 0 Å². The SMILES string of the molecule is O=C(CN1C(=O)S/C(=C/c2cccc(O)c2)C1=O)Nc1ccc(F)cc1. The molecular formula is C18H13FN2O4S. The van der Waals surface area contributed by atoms with Crippen LogP contribution in [0.25, 0.3) is 6.08 Å². The monoisotopic (exact) mass is 372 g/mol. The van der Waals surface area contributed by atoms with E-state index in [4.69, 9.17) is 0 Å². The van der Waals surface area contributed by atoms with Crippen molar-refractivity contribution in [2.75, 3.05) is 11.9 Å². The van der Waals surface area contributed by atoms with Crippen molar-refractivity contribution in [2.24, 2.45) is 0 Å². The van der Waals surface area contributed by atoms with Crippen LogP contribution in [0.2, 0.25) is 0 Å². The summed E-state index contributed by atoms with van der Waals surface area (Å²) in [4.78, 5) is 37.4. The highest BCUT2D eigenvalue weighted by Gasteiger charge is 2.36. The van der Waals surface area contributed by atoms with Crippen LogP contribution in [0.5, 0.6) is 5.75 Å². The minimum atomic E-state index is -0.586. The van der Waals surface area contributed by atoms with Crippen LogP contribution < -0.4 is 5.32 Å². The molecule has 0 aromatic heterocycles. The summed E-state index contributed by atoms with van der Waals surface area (Å²) in [7, 11) is 0. The van der Waals surface area contributed by atoms with Gasteiger partial charge in [-0.3, -0.25) is 19.3 Å². The smallest absolute Gasteiger partial charge is 0.294 e. The summed E-state index contributed by atoms with van der Waals surface area (Å²) in [5.41, 5.74) is 0.921. The van der Waals surface area contributed by atoms with Gasteiger partial charge in [-0.2, -0.15) is 0 Å². The van der Waals surface area contributed by atoms with Crippen LogP contribution in [-0.2, 0) is 9.59 Å². The summed E-state index contributed by atoms with van der Waals surface area (Å²) in [5, 5.41) is 11.4. The Kier molecular flexibility index (Phi) is 5.04. The lowest BCUT2D eigenvalue weighted by molar-refractivity contribution is -0.127. The third kappa shape index (κ3) is 4.09. The molecule has 0 unspecified atom stereocenters. The van der Waals surface area contributed by atoms with Crippen molar-refractivity contribution >= 4 is 40.6 Å². The maximum atomic E-state index is 12.9. The number of anilines is 1. The predicted molar refractivity (Wildman–Crippen MR) is 95.8 cm³/mol. The lowest BCUT2D eigenvalue weighted by Crippen LogP contribution is -2.36. The van der Waals surface area contributed by atoms with Crippen LogP contribution in [0.3, 0.4) is 0 Å². The number of hydrogen-bond donors (Lipinski definition) is 2. The van der Waals surface area contributed by atoms with Gasteiger partial charge < -0.3 is 10.4 Å². The van der Waals surface area contributed by atoms with Crippen molar-refractivity contribution in [2.45, 2.75) is 0 Å². The van der Waals surface area contributed by atoms with E-state index < -0.39 is 29.4 Å². The molecule has 26 heavy (non-hydrogen) atoms. The molecule has 0 radical (unpaired) electrons. The van der Waals surface area contributed by atoms with Crippen LogP contribution in [0.1, 0.15) is 5.56 Å². The number of benzene rings is 2. The summed E-state index contributed by atoms with van der Waals surface area (Å²) in [6.07, 6.45) is 1.47. The molecule has 6 nitrogen and oxygen atoms in total. The first-order valence-electron chi connectivity index (χ1n) is 7.52. The van der Waals surface area contributed by atoms with Crippen molar-refractivity contribution in [3.05, 3.63) is 64.8 Å². The van der Waals surface area contributed by atoms with Gasteiger partial charge in [0, 0.05) is 5.69 Å². The number of hydrogen-bond acceptors (Lipinski definition) is 5. The number of phenols is 1. The van der Waals surface area contributed by atoms with E-state index in [2.05, 4.69) is 5.32 Å².